The second kappa shape index (κ2) is 5.72. The van der Waals surface area contributed by atoms with Crippen LogP contribution in [0.25, 0.3) is 0 Å². The number of hydrogen-bond donors (Lipinski definition) is 0. The van der Waals surface area contributed by atoms with Gasteiger partial charge in [-0.05, 0) is 44.0 Å². The minimum atomic E-state index is -0.755. The number of benzene rings is 2. The SMILES string of the molecule is Cc1cc(C)c(OC(=O)[C@H]2COc3ccccc3O2)c(C)c1. The maximum atomic E-state index is 12.3. The van der Waals surface area contributed by atoms with Crippen molar-refractivity contribution in [1.29, 1.82) is 0 Å². The summed E-state index contributed by atoms with van der Waals surface area (Å²) in [6, 6.07) is 11.3. The van der Waals surface area contributed by atoms with Crippen LogP contribution in [-0.2, 0) is 4.79 Å². The predicted octanol–water partition coefficient (Wildman–Crippen LogP) is 3.36. The molecule has 22 heavy (non-hydrogen) atoms. The van der Waals surface area contributed by atoms with Crippen molar-refractivity contribution in [3.05, 3.63) is 53.1 Å². The molecule has 1 aliphatic heterocycles. The predicted molar refractivity (Wildman–Crippen MR) is 82.6 cm³/mol. The highest BCUT2D eigenvalue weighted by molar-refractivity contribution is 5.79. The lowest BCUT2D eigenvalue weighted by Gasteiger charge is -2.25. The Balaban J connectivity index is 1.77. The number of para-hydroxylation sites is 2. The summed E-state index contributed by atoms with van der Waals surface area (Å²) in [5.41, 5.74) is 3.01. The van der Waals surface area contributed by atoms with E-state index in [1.54, 1.807) is 6.07 Å². The molecule has 0 aliphatic carbocycles. The van der Waals surface area contributed by atoms with Crippen molar-refractivity contribution in [3.63, 3.8) is 0 Å². The summed E-state index contributed by atoms with van der Waals surface area (Å²) in [5.74, 6) is 1.37. The fourth-order valence-electron chi connectivity index (χ4n) is 2.63. The average Bonchev–Trinajstić information content (AvgIpc) is 2.50. The highest BCUT2D eigenvalue weighted by Gasteiger charge is 2.29. The zero-order valence-corrected chi connectivity index (χ0v) is 12.9. The monoisotopic (exact) mass is 298 g/mol. The van der Waals surface area contributed by atoms with Gasteiger partial charge in [0.25, 0.3) is 0 Å². The number of esters is 1. The zero-order chi connectivity index (χ0) is 15.7. The lowest BCUT2D eigenvalue weighted by molar-refractivity contribution is -0.144. The van der Waals surface area contributed by atoms with E-state index in [4.69, 9.17) is 14.2 Å². The van der Waals surface area contributed by atoms with E-state index in [1.807, 2.05) is 51.1 Å². The molecule has 0 unspecified atom stereocenters. The second-order valence-electron chi connectivity index (χ2n) is 5.51. The van der Waals surface area contributed by atoms with E-state index in [2.05, 4.69) is 0 Å². The third-order valence-corrected chi connectivity index (χ3v) is 3.58. The molecule has 0 saturated carbocycles. The summed E-state index contributed by atoms with van der Waals surface area (Å²) in [4.78, 5) is 12.3. The minimum Gasteiger partial charge on any atom is -0.485 e. The van der Waals surface area contributed by atoms with E-state index in [1.165, 1.54) is 0 Å². The maximum Gasteiger partial charge on any atom is 0.356 e. The fraction of sp³-hybridized carbons (Fsp3) is 0.278. The molecule has 0 spiro atoms. The standard InChI is InChI=1S/C18H18O4/c1-11-8-12(2)17(13(3)9-11)22-18(19)16-10-20-14-6-4-5-7-15(14)21-16/h4-9,16H,10H2,1-3H3/t16-/m1/s1. The van der Waals surface area contributed by atoms with E-state index >= 15 is 0 Å². The van der Waals surface area contributed by atoms with Crippen LogP contribution in [0.15, 0.2) is 36.4 Å². The number of hydrogen-bond acceptors (Lipinski definition) is 4. The summed E-state index contributed by atoms with van der Waals surface area (Å²) < 4.78 is 16.8. The number of rotatable bonds is 2. The Morgan fingerprint density at radius 1 is 1.09 bits per heavy atom. The van der Waals surface area contributed by atoms with Gasteiger partial charge in [0.05, 0.1) is 0 Å². The van der Waals surface area contributed by atoms with Crippen LogP contribution >= 0.6 is 0 Å². The van der Waals surface area contributed by atoms with Crippen LogP contribution in [0, 0.1) is 20.8 Å². The van der Waals surface area contributed by atoms with Gasteiger partial charge in [0.1, 0.15) is 12.4 Å². The Hall–Kier alpha value is -2.49. The summed E-state index contributed by atoms with van der Waals surface area (Å²) in [5, 5.41) is 0. The van der Waals surface area contributed by atoms with Crippen LogP contribution in [0.3, 0.4) is 0 Å². The van der Waals surface area contributed by atoms with Crippen molar-refractivity contribution in [2.75, 3.05) is 6.61 Å². The number of carbonyl (C=O) groups is 1. The Bertz CT molecular complexity index is 698. The Morgan fingerprint density at radius 3 is 2.41 bits per heavy atom. The van der Waals surface area contributed by atoms with Gasteiger partial charge in [0.15, 0.2) is 11.5 Å². The van der Waals surface area contributed by atoms with Crippen LogP contribution < -0.4 is 14.2 Å². The van der Waals surface area contributed by atoms with Gasteiger partial charge in [-0.15, -0.1) is 0 Å². The van der Waals surface area contributed by atoms with Crippen molar-refractivity contribution in [2.45, 2.75) is 26.9 Å². The first-order valence-corrected chi connectivity index (χ1v) is 7.22. The molecule has 4 nitrogen and oxygen atoms in total. The number of carbonyl (C=O) groups excluding carboxylic acids is 1. The van der Waals surface area contributed by atoms with E-state index in [0.29, 0.717) is 17.2 Å². The third-order valence-electron chi connectivity index (χ3n) is 3.58. The molecule has 1 aliphatic rings. The van der Waals surface area contributed by atoms with E-state index in [0.717, 1.165) is 16.7 Å². The Morgan fingerprint density at radius 2 is 1.73 bits per heavy atom. The molecule has 4 heteroatoms. The van der Waals surface area contributed by atoms with Crippen LogP contribution in [0.5, 0.6) is 17.2 Å². The van der Waals surface area contributed by atoms with Crippen molar-refractivity contribution in [2.24, 2.45) is 0 Å². The number of aryl methyl sites for hydroxylation is 3. The van der Waals surface area contributed by atoms with E-state index in [9.17, 15) is 4.79 Å². The highest BCUT2D eigenvalue weighted by Crippen LogP contribution is 2.32. The first-order valence-electron chi connectivity index (χ1n) is 7.22. The van der Waals surface area contributed by atoms with E-state index < -0.39 is 12.1 Å². The largest absolute Gasteiger partial charge is 0.485 e. The van der Waals surface area contributed by atoms with Crippen LogP contribution in [0.2, 0.25) is 0 Å². The summed E-state index contributed by atoms with van der Waals surface area (Å²) in [6.07, 6.45) is -0.755. The minimum absolute atomic E-state index is 0.153. The molecule has 3 rings (SSSR count). The van der Waals surface area contributed by atoms with Crippen molar-refractivity contribution in [1.82, 2.24) is 0 Å². The quantitative estimate of drug-likeness (QED) is 0.630. The zero-order valence-electron chi connectivity index (χ0n) is 12.9. The van der Waals surface area contributed by atoms with Gasteiger partial charge in [-0.2, -0.15) is 0 Å². The fourth-order valence-corrected chi connectivity index (χ4v) is 2.63. The highest BCUT2D eigenvalue weighted by atomic mass is 16.6. The molecule has 0 fully saturated rings. The van der Waals surface area contributed by atoms with Crippen molar-refractivity contribution in [3.8, 4) is 17.2 Å². The lowest BCUT2D eigenvalue weighted by atomic mass is 10.1. The first-order chi connectivity index (χ1) is 10.5. The number of ether oxygens (including phenoxy) is 3. The normalized spacial score (nSPS) is 16.2. The van der Waals surface area contributed by atoms with Gasteiger partial charge in [-0.3, -0.25) is 0 Å². The molecule has 0 aromatic heterocycles. The Labute approximate surface area is 129 Å². The van der Waals surface area contributed by atoms with Crippen LogP contribution in [0.4, 0.5) is 0 Å². The molecule has 0 amide bonds. The van der Waals surface area contributed by atoms with Gasteiger partial charge in [0.2, 0.25) is 6.10 Å². The van der Waals surface area contributed by atoms with Crippen molar-refractivity contribution < 1.29 is 19.0 Å². The molecule has 0 bridgehead atoms. The third kappa shape index (κ3) is 2.77. The molecule has 1 heterocycles. The molecule has 2 aromatic rings. The number of fused-ring (bicyclic) bond motifs is 1. The van der Waals surface area contributed by atoms with Crippen LogP contribution in [-0.4, -0.2) is 18.7 Å². The van der Waals surface area contributed by atoms with Gasteiger partial charge in [-0.1, -0.05) is 29.8 Å². The summed E-state index contributed by atoms with van der Waals surface area (Å²) in [6.45, 7) is 6.02. The molecule has 0 radical (unpaired) electrons. The van der Waals surface area contributed by atoms with Crippen molar-refractivity contribution >= 4 is 5.97 Å². The average molecular weight is 298 g/mol. The summed E-state index contributed by atoms with van der Waals surface area (Å²) >= 11 is 0. The van der Waals surface area contributed by atoms with E-state index in [-0.39, 0.29) is 6.61 Å². The second-order valence-corrected chi connectivity index (χ2v) is 5.51. The molecule has 0 N–H and O–H groups in total. The molecule has 1 atom stereocenters. The molecule has 114 valence electrons. The molecule has 2 aromatic carbocycles. The van der Waals surface area contributed by atoms with Gasteiger partial charge >= 0.3 is 5.97 Å². The topological polar surface area (TPSA) is 44.8 Å². The van der Waals surface area contributed by atoms with Gasteiger partial charge < -0.3 is 14.2 Å². The van der Waals surface area contributed by atoms with Gasteiger partial charge in [0, 0.05) is 0 Å². The van der Waals surface area contributed by atoms with Gasteiger partial charge in [-0.25, -0.2) is 4.79 Å². The molecular weight excluding hydrogens is 280 g/mol. The summed E-state index contributed by atoms with van der Waals surface area (Å²) in [7, 11) is 0. The Kier molecular flexibility index (Phi) is 3.75. The first kappa shape index (κ1) is 14.4. The van der Waals surface area contributed by atoms with Crippen LogP contribution in [0.1, 0.15) is 16.7 Å². The molecular formula is C18H18O4. The molecule has 0 saturated heterocycles. The maximum absolute atomic E-state index is 12.3. The smallest absolute Gasteiger partial charge is 0.356 e. The lowest BCUT2D eigenvalue weighted by Crippen LogP contribution is -2.39.